The van der Waals surface area contributed by atoms with E-state index in [0.29, 0.717) is 5.56 Å². The van der Waals surface area contributed by atoms with E-state index in [0.717, 1.165) is 64.7 Å². The molecule has 0 saturated carbocycles. The van der Waals surface area contributed by atoms with E-state index in [9.17, 15) is 4.79 Å². The SMILES string of the molecule is COc1ccc(-c2cn3c(n2)sc2cc(C(=O)NC4CCN(Cc5ccccc5)CC4)ccc23)cc1. The summed E-state index contributed by atoms with van der Waals surface area (Å²) in [5, 5.41) is 3.26. The molecule has 3 aromatic carbocycles. The first-order valence-corrected chi connectivity index (χ1v) is 13.1. The van der Waals surface area contributed by atoms with Gasteiger partial charge in [0, 0.05) is 43.0 Å². The summed E-state index contributed by atoms with van der Waals surface area (Å²) in [5.41, 5.74) is 5.07. The van der Waals surface area contributed by atoms with Gasteiger partial charge in [0.2, 0.25) is 0 Å². The predicted octanol–water partition coefficient (Wildman–Crippen LogP) is 5.62. The molecule has 36 heavy (non-hydrogen) atoms. The molecule has 0 atom stereocenters. The van der Waals surface area contributed by atoms with Crippen molar-refractivity contribution in [1.29, 1.82) is 0 Å². The van der Waals surface area contributed by atoms with Crippen molar-refractivity contribution in [2.45, 2.75) is 25.4 Å². The molecule has 1 N–H and O–H groups in total. The zero-order chi connectivity index (χ0) is 24.5. The molecule has 1 fully saturated rings. The summed E-state index contributed by atoms with van der Waals surface area (Å²) in [6, 6.07) is 24.6. The summed E-state index contributed by atoms with van der Waals surface area (Å²) >= 11 is 1.60. The average molecular weight is 497 g/mol. The summed E-state index contributed by atoms with van der Waals surface area (Å²) in [6.45, 7) is 2.97. The fraction of sp³-hybridized carbons (Fsp3) is 0.241. The highest BCUT2D eigenvalue weighted by atomic mass is 32.1. The highest BCUT2D eigenvalue weighted by molar-refractivity contribution is 7.23. The van der Waals surface area contributed by atoms with Gasteiger partial charge in [0.05, 0.1) is 23.0 Å². The predicted molar refractivity (Wildman–Crippen MR) is 145 cm³/mol. The molecule has 0 radical (unpaired) electrons. The van der Waals surface area contributed by atoms with Crippen LogP contribution in [0.1, 0.15) is 28.8 Å². The van der Waals surface area contributed by atoms with Crippen LogP contribution in [0.2, 0.25) is 0 Å². The van der Waals surface area contributed by atoms with Crippen molar-refractivity contribution in [2.24, 2.45) is 0 Å². The lowest BCUT2D eigenvalue weighted by molar-refractivity contribution is 0.0909. The second kappa shape index (κ2) is 9.76. The molecule has 0 unspecified atom stereocenters. The molecule has 2 aromatic heterocycles. The Balaban J connectivity index is 1.12. The number of ether oxygens (including phenoxy) is 1. The van der Waals surface area contributed by atoms with Crippen LogP contribution in [0.25, 0.3) is 26.4 Å². The maximum atomic E-state index is 13.0. The highest BCUT2D eigenvalue weighted by Crippen LogP contribution is 2.31. The third-order valence-electron chi connectivity index (χ3n) is 6.91. The number of hydrogen-bond donors (Lipinski definition) is 1. The Kier molecular flexibility index (Phi) is 6.17. The van der Waals surface area contributed by atoms with E-state index < -0.39 is 0 Å². The minimum absolute atomic E-state index is 0.00312. The first kappa shape index (κ1) is 22.8. The number of likely N-dealkylation sites (tertiary alicyclic amines) is 1. The molecule has 182 valence electrons. The maximum Gasteiger partial charge on any atom is 0.251 e. The number of nitrogens with zero attached hydrogens (tertiary/aromatic N) is 3. The van der Waals surface area contributed by atoms with E-state index in [1.807, 2.05) is 42.5 Å². The van der Waals surface area contributed by atoms with Crippen LogP contribution in [0, 0.1) is 0 Å². The van der Waals surface area contributed by atoms with Gasteiger partial charge in [-0.3, -0.25) is 14.1 Å². The Hall–Kier alpha value is -3.68. The molecule has 5 aromatic rings. The van der Waals surface area contributed by atoms with Crippen LogP contribution in [0.5, 0.6) is 5.75 Å². The van der Waals surface area contributed by atoms with Gasteiger partial charge in [0.15, 0.2) is 4.96 Å². The first-order chi connectivity index (χ1) is 17.7. The van der Waals surface area contributed by atoms with Gasteiger partial charge in [-0.05, 0) is 60.9 Å². The van der Waals surface area contributed by atoms with Gasteiger partial charge in [0.1, 0.15) is 5.75 Å². The Bertz CT molecular complexity index is 1500. The van der Waals surface area contributed by atoms with Crippen molar-refractivity contribution in [3.63, 3.8) is 0 Å². The largest absolute Gasteiger partial charge is 0.497 e. The molecule has 0 bridgehead atoms. The monoisotopic (exact) mass is 496 g/mol. The minimum Gasteiger partial charge on any atom is -0.497 e. The quantitative estimate of drug-likeness (QED) is 0.332. The maximum absolute atomic E-state index is 13.0. The fourth-order valence-electron chi connectivity index (χ4n) is 4.89. The second-order valence-corrected chi connectivity index (χ2v) is 10.3. The van der Waals surface area contributed by atoms with Crippen molar-refractivity contribution in [1.82, 2.24) is 19.6 Å². The van der Waals surface area contributed by atoms with Crippen molar-refractivity contribution in [3.8, 4) is 17.0 Å². The van der Waals surface area contributed by atoms with Gasteiger partial charge in [-0.2, -0.15) is 0 Å². The molecule has 3 heterocycles. The van der Waals surface area contributed by atoms with Gasteiger partial charge in [0.25, 0.3) is 5.91 Å². The zero-order valence-electron chi connectivity index (χ0n) is 20.2. The number of benzene rings is 3. The van der Waals surface area contributed by atoms with Crippen molar-refractivity contribution >= 4 is 32.4 Å². The van der Waals surface area contributed by atoms with E-state index in [2.05, 4.69) is 51.1 Å². The van der Waals surface area contributed by atoms with Gasteiger partial charge in [-0.25, -0.2) is 4.98 Å². The molecule has 1 aliphatic heterocycles. The molecule has 6 nitrogen and oxygen atoms in total. The number of imidazole rings is 1. The number of nitrogens with one attached hydrogen (secondary N) is 1. The van der Waals surface area contributed by atoms with Crippen molar-refractivity contribution < 1.29 is 9.53 Å². The molecule has 0 spiro atoms. The molecule has 1 amide bonds. The van der Waals surface area contributed by atoms with Crippen LogP contribution in [0.15, 0.2) is 79.0 Å². The van der Waals surface area contributed by atoms with Crippen molar-refractivity contribution in [2.75, 3.05) is 20.2 Å². The normalized spacial score (nSPS) is 14.9. The lowest BCUT2D eigenvalue weighted by atomic mass is 10.0. The topological polar surface area (TPSA) is 58.9 Å². The summed E-state index contributed by atoms with van der Waals surface area (Å²) in [6.07, 6.45) is 4.00. The number of thiazole rings is 1. The Morgan fingerprint density at radius 3 is 2.58 bits per heavy atom. The molecular weight excluding hydrogens is 468 g/mol. The molecule has 1 aliphatic rings. The second-order valence-electron chi connectivity index (χ2n) is 9.30. The van der Waals surface area contributed by atoms with E-state index in [1.165, 1.54) is 5.56 Å². The lowest BCUT2D eigenvalue weighted by Gasteiger charge is -2.32. The van der Waals surface area contributed by atoms with Crippen LogP contribution in [0.4, 0.5) is 0 Å². The van der Waals surface area contributed by atoms with Crippen molar-refractivity contribution in [3.05, 3.63) is 90.1 Å². The number of rotatable bonds is 6. The van der Waals surface area contributed by atoms with Crippen LogP contribution in [-0.4, -0.2) is 46.4 Å². The number of fused-ring (bicyclic) bond motifs is 3. The van der Waals surface area contributed by atoms with E-state index >= 15 is 0 Å². The van der Waals surface area contributed by atoms with Crippen LogP contribution in [0.3, 0.4) is 0 Å². The smallest absolute Gasteiger partial charge is 0.251 e. The third-order valence-corrected chi connectivity index (χ3v) is 7.93. The van der Waals surface area contributed by atoms with E-state index in [1.54, 1.807) is 18.4 Å². The molecule has 1 saturated heterocycles. The third kappa shape index (κ3) is 4.59. The summed E-state index contributed by atoms with van der Waals surface area (Å²) in [5.74, 6) is 0.831. The molecule has 6 rings (SSSR count). The number of aromatic nitrogens is 2. The van der Waals surface area contributed by atoms with Gasteiger partial charge in [-0.15, -0.1) is 0 Å². The van der Waals surface area contributed by atoms with Gasteiger partial charge in [-0.1, -0.05) is 41.7 Å². The van der Waals surface area contributed by atoms with Gasteiger partial charge < -0.3 is 10.1 Å². The lowest BCUT2D eigenvalue weighted by Crippen LogP contribution is -2.44. The van der Waals surface area contributed by atoms with Gasteiger partial charge >= 0.3 is 0 Å². The fourth-order valence-corrected chi connectivity index (χ4v) is 5.94. The summed E-state index contributed by atoms with van der Waals surface area (Å²) in [4.78, 5) is 21.2. The Morgan fingerprint density at radius 2 is 1.83 bits per heavy atom. The van der Waals surface area contributed by atoms with Crippen LogP contribution < -0.4 is 10.1 Å². The number of carbonyl (C=O) groups is 1. The zero-order valence-corrected chi connectivity index (χ0v) is 21.0. The molecule has 0 aliphatic carbocycles. The number of carbonyl (C=O) groups excluding carboxylic acids is 1. The molecular formula is C29H28N4O2S. The highest BCUT2D eigenvalue weighted by Gasteiger charge is 2.22. The number of hydrogen-bond acceptors (Lipinski definition) is 5. The van der Waals surface area contributed by atoms with Crippen LogP contribution >= 0.6 is 11.3 Å². The Morgan fingerprint density at radius 1 is 1.06 bits per heavy atom. The van der Waals surface area contributed by atoms with Crippen LogP contribution in [-0.2, 0) is 6.54 Å². The minimum atomic E-state index is 0.00312. The standard InChI is InChI=1S/C29H28N4O2S/c1-35-24-10-7-21(8-11-24)25-19-33-26-12-9-22(17-27(26)36-29(33)31-25)28(34)30-23-13-15-32(16-14-23)18-20-5-3-2-4-6-20/h2-12,17,19,23H,13-16,18H2,1H3,(H,30,34). The number of piperidine rings is 1. The molecule has 7 heteroatoms. The number of amides is 1. The number of methoxy groups -OCH3 is 1. The summed E-state index contributed by atoms with van der Waals surface area (Å²) in [7, 11) is 1.66. The van der Waals surface area contributed by atoms with E-state index in [4.69, 9.17) is 9.72 Å². The Labute approximate surface area is 214 Å². The summed E-state index contributed by atoms with van der Waals surface area (Å²) < 4.78 is 8.41. The first-order valence-electron chi connectivity index (χ1n) is 12.3. The average Bonchev–Trinajstić information content (AvgIpc) is 3.48. The van der Waals surface area contributed by atoms with E-state index in [-0.39, 0.29) is 11.9 Å².